The fourth-order valence-corrected chi connectivity index (χ4v) is 3.36. The van der Waals surface area contributed by atoms with Gasteiger partial charge in [-0.15, -0.1) is 0 Å². The number of anilines is 1. The van der Waals surface area contributed by atoms with Crippen LogP contribution < -0.4 is 10.1 Å². The molecular weight excluding hydrogens is 384 g/mol. The Morgan fingerprint density at radius 3 is 2.43 bits per heavy atom. The van der Waals surface area contributed by atoms with Gasteiger partial charge in [0.25, 0.3) is 5.91 Å². The molecule has 2 rings (SSSR count). The molecule has 0 aliphatic carbocycles. The lowest BCUT2D eigenvalue weighted by atomic mass is 10.2. The van der Waals surface area contributed by atoms with Crippen molar-refractivity contribution in [3.8, 4) is 5.75 Å². The number of esters is 1. The quantitative estimate of drug-likeness (QED) is 0.671. The number of nitrogens with zero attached hydrogens (tertiary/aromatic N) is 1. The molecule has 0 fully saturated rings. The van der Waals surface area contributed by atoms with Crippen molar-refractivity contribution < 1.29 is 27.5 Å². The van der Waals surface area contributed by atoms with Crippen molar-refractivity contribution in [2.75, 3.05) is 32.6 Å². The Morgan fingerprint density at radius 1 is 1.11 bits per heavy atom. The number of aryl methyl sites for hydroxylation is 1. The first-order valence-corrected chi connectivity index (χ1v) is 9.79. The Balaban J connectivity index is 1.87. The van der Waals surface area contributed by atoms with Gasteiger partial charge < -0.3 is 14.8 Å². The topological polar surface area (TPSA) is 102 Å². The van der Waals surface area contributed by atoms with E-state index < -0.39 is 35.1 Å². The van der Waals surface area contributed by atoms with Gasteiger partial charge in [0, 0.05) is 18.8 Å². The predicted octanol–water partition coefficient (Wildman–Crippen LogP) is 1.81. The van der Waals surface area contributed by atoms with E-state index in [0.29, 0.717) is 11.4 Å². The molecule has 0 aliphatic rings. The number of methoxy groups -OCH3 is 1. The van der Waals surface area contributed by atoms with Crippen molar-refractivity contribution in [2.45, 2.75) is 11.8 Å². The molecule has 2 aromatic rings. The second kappa shape index (κ2) is 9.34. The van der Waals surface area contributed by atoms with Crippen LogP contribution in [0.4, 0.5) is 5.69 Å². The van der Waals surface area contributed by atoms with Crippen LogP contribution in [0.2, 0.25) is 0 Å². The predicted molar refractivity (Wildman–Crippen MR) is 104 cm³/mol. The van der Waals surface area contributed by atoms with E-state index in [4.69, 9.17) is 9.47 Å². The average molecular weight is 406 g/mol. The summed E-state index contributed by atoms with van der Waals surface area (Å²) in [5.74, 6) is -0.817. The molecule has 0 aromatic heterocycles. The maximum Gasteiger partial charge on any atom is 0.321 e. The number of carbonyl (C=O) groups excluding carboxylic acids is 2. The van der Waals surface area contributed by atoms with E-state index in [-0.39, 0.29) is 4.90 Å². The van der Waals surface area contributed by atoms with Crippen LogP contribution in [-0.4, -0.2) is 51.9 Å². The first kappa shape index (κ1) is 21.4. The average Bonchev–Trinajstić information content (AvgIpc) is 2.66. The van der Waals surface area contributed by atoms with Crippen molar-refractivity contribution >= 4 is 27.6 Å². The van der Waals surface area contributed by atoms with Crippen LogP contribution in [0, 0.1) is 6.92 Å². The van der Waals surface area contributed by atoms with Crippen molar-refractivity contribution in [1.29, 1.82) is 0 Å². The molecule has 1 amide bonds. The Kier molecular flexibility index (Phi) is 7.13. The molecular formula is C19H22N2O6S. The number of carbonyl (C=O) groups is 2. The number of likely N-dealkylation sites (N-methyl/N-ethyl adjacent to an activating group) is 1. The summed E-state index contributed by atoms with van der Waals surface area (Å²) in [5.41, 5.74) is 1.41. The van der Waals surface area contributed by atoms with Gasteiger partial charge >= 0.3 is 5.97 Å². The Labute approximate surface area is 164 Å². The SMILES string of the molecule is COc1cccc(NC(=O)COC(=O)CN(C)S(=O)(=O)c2ccc(C)cc2)c1. The van der Waals surface area contributed by atoms with Gasteiger partial charge in [0.05, 0.1) is 12.0 Å². The van der Waals surface area contributed by atoms with E-state index in [2.05, 4.69) is 5.32 Å². The largest absolute Gasteiger partial charge is 0.497 e. The molecule has 9 heteroatoms. The highest BCUT2D eigenvalue weighted by atomic mass is 32.2. The molecule has 2 aromatic carbocycles. The lowest BCUT2D eigenvalue weighted by Crippen LogP contribution is -2.34. The summed E-state index contributed by atoms with van der Waals surface area (Å²) < 4.78 is 35.7. The molecule has 0 bridgehead atoms. The third kappa shape index (κ3) is 5.80. The summed E-state index contributed by atoms with van der Waals surface area (Å²) >= 11 is 0. The van der Waals surface area contributed by atoms with Gasteiger partial charge in [-0.25, -0.2) is 8.42 Å². The second-order valence-corrected chi connectivity index (χ2v) is 8.06. The summed E-state index contributed by atoms with van der Waals surface area (Å²) in [6.07, 6.45) is 0. The van der Waals surface area contributed by atoms with Gasteiger partial charge in [0.15, 0.2) is 6.61 Å². The van der Waals surface area contributed by atoms with Crippen LogP contribution in [-0.2, 0) is 24.3 Å². The van der Waals surface area contributed by atoms with Crippen molar-refractivity contribution in [1.82, 2.24) is 4.31 Å². The van der Waals surface area contributed by atoms with Gasteiger partial charge in [-0.2, -0.15) is 4.31 Å². The number of rotatable bonds is 8. The Hall–Kier alpha value is -2.91. The highest BCUT2D eigenvalue weighted by molar-refractivity contribution is 7.89. The third-order valence-electron chi connectivity index (χ3n) is 3.80. The van der Waals surface area contributed by atoms with Gasteiger partial charge in [-0.3, -0.25) is 9.59 Å². The monoisotopic (exact) mass is 406 g/mol. The fraction of sp³-hybridized carbons (Fsp3) is 0.263. The van der Waals surface area contributed by atoms with Crippen molar-refractivity contribution in [3.05, 3.63) is 54.1 Å². The van der Waals surface area contributed by atoms with Crippen LogP contribution in [0.1, 0.15) is 5.56 Å². The first-order valence-electron chi connectivity index (χ1n) is 8.35. The molecule has 0 heterocycles. The maximum atomic E-state index is 12.4. The number of hydrogen-bond donors (Lipinski definition) is 1. The van der Waals surface area contributed by atoms with E-state index >= 15 is 0 Å². The molecule has 0 aliphatic heterocycles. The fourth-order valence-electron chi connectivity index (χ4n) is 2.25. The summed E-state index contributed by atoms with van der Waals surface area (Å²) in [4.78, 5) is 23.9. The zero-order chi connectivity index (χ0) is 20.7. The zero-order valence-corrected chi connectivity index (χ0v) is 16.7. The Bertz CT molecular complexity index is 941. The normalized spacial score (nSPS) is 11.1. The van der Waals surface area contributed by atoms with Gasteiger partial charge in [-0.1, -0.05) is 23.8 Å². The van der Waals surface area contributed by atoms with Crippen LogP contribution >= 0.6 is 0 Å². The number of sulfonamides is 1. The van der Waals surface area contributed by atoms with E-state index in [0.717, 1.165) is 9.87 Å². The van der Waals surface area contributed by atoms with E-state index in [1.807, 2.05) is 6.92 Å². The highest BCUT2D eigenvalue weighted by Crippen LogP contribution is 2.17. The van der Waals surface area contributed by atoms with E-state index in [1.54, 1.807) is 36.4 Å². The minimum atomic E-state index is -3.83. The molecule has 8 nitrogen and oxygen atoms in total. The second-order valence-electron chi connectivity index (χ2n) is 6.01. The molecule has 1 N–H and O–H groups in total. The minimum Gasteiger partial charge on any atom is -0.497 e. The molecule has 150 valence electrons. The third-order valence-corrected chi connectivity index (χ3v) is 5.62. The first-order chi connectivity index (χ1) is 13.2. The summed E-state index contributed by atoms with van der Waals surface area (Å²) in [6.45, 7) is 0.797. The van der Waals surface area contributed by atoms with Gasteiger partial charge in [-0.05, 0) is 31.2 Å². The van der Waals surface area contributed by atoms with Crippen LogP contribution in [0.3, 0.4) is 0 Å². The number of ether oxygens (including phenoxy) is 2. The Morgan fingerprint density at radius 2 is 1.79 bits per heavy atom. The lowest BCUT2D eigenvalue weighted by Gasteiger charge is -2.16. The van der Waals surface area contributed by atoms with Crippen LogP contribution in [0.25, 0.3) is 0 Å². The number of amides is 1. The number of nitrogens with one attached hydrogen (secondary N) is 1. The summed E-state index contributed by atoms with van der Waals surface area (Å²) in [5, 5.41) is 2.56. The lowest BCUT2D eigenvalue weighted by molar-refractivity contribution is -0.147. The minimum absolute atomic E-state index is 0.0733. The molecule has 0 saturated carbocycles. The molecule has 0 saturated heterocycles. The van der Waals surface area contributed by atoms with E-state index in [1.165, 1.54) is 26.3 Å². The van der Waals surface area contributed by atoms with Crippen molar-refractivity contribution in [2.24, 2.45) is 0 Å². The molecule has 0 atom stereocenters. The number of benzene rings is 2. The van der Waals surface area contributed by atoms with Crippen LogP contribution in [0.15, 0.2) is 53.4 Å². The molecule has 28 heavy (non-hydrogen) atoms. The van der Waals surface area contributed by atoms with Gasteiger partial charge in [0.2, 0.25) is 10.0 Å². The molecule has 0 radical (unpaired) electrons. The summed E-state index contributed by atoms with van der Waals surface area (Å²) in [6, 6.07) is 13.0. The standard InChI is InChI=1S/C19H22N2O6S/c1-14-7-9-17(10-8-14)28(24,25)21(2)12-19(23)27-13-18(22)20-15-5-4-6-16(11-15)26-3/h4-11H,12-13H2,1-3H3,(H,20,22). The summed E-state index contributed by atoms with van der Waals surface area (Å²) in [7, 11) is -1.05. The number of hydrogen-bond acceptors (Lipinski definition) is 6. The smallest absolute Gasteiger partial charge is 0.321 e. The van der Waals surface area contributed by atoms with E-state index in [9.17, 15) is 18.0 Å². The highest BCUT2D eigenvalue weighted by Gasteiger charge is 2.23. The van der Waals surface area contributed by atoms with Crippen molar-refractivity contribution in [3.63, 3.8) is 0 Å². The van der Waals surface area contributed by atoms with Crippen LogP contribution in [0.5, 0.6) is 5.75 Å². The molecule has 0 spiro atoms. The maximum absolute atomic E-state index is 12.4. The molecule has 0 unspecified atom stereocenters. The van der Waals surface area contributed by atoms with Gasteiger partial charge in [0.1, 0.15) is 12.3 Å². The zero-order valence-electron chi connectivity index (χ0n) is 15.8.